The molecule has 0 aromatic heterocycles. The van der Waals surface area contributed by atoms with Crippen molar-refractivity contribution in [3.8, 4) is 0 Å². The van der Waals surface area contributed by atoms with Crippen molar-refractivity contribution < 1.29 is 18.5 Å². The minimum absolute atomic E-state index is 0.0856. The summed E-state index contributed by atoms with van der Waals surface area (Å²) in [6, 6.07) is 6.45. The standard InChI is InChI=1S/C17H16F2N2O3/c1-3-15(13-9-12(18)5-6-14(13)19)20-16-7-4-11(10(2)22)8-17(16)21(23)24/h4-9,15,20H,3H2,1-2H3. The Morgan fingerprint density at radius 1 is 1.25 bits per heavy atom. The topological polar surface area (TPSA) is 72.2 Å². The first-order valence-corrected chi connectivity index (χ1v) is 7.34. The second kappa shape index (κ2) is 7.16. The zero-order valence-corrected chi connectivity index (χ0v) is 13.2. The fourth-order valence-electron chi connectivity index (χ4n) is 2.39. The van der Waals surface area contributed by atoms with Crippen molar-refractivity contribution in [3.05, 3.63) is 69.3 Å². The highest BCUT2D eigenvalue weighted by molar-refractivity contribution is 5.95. The molecule has 24 heavy (non-hydrogen) atoms. The first-order valence-electron chi connectivity index (χ1n) is 7.34. The van der Waals surface area contributed by atoms with Crippen LogP contribution in [0.15, 0.2) is 36.4 Å². The first kappa shape index (κ1) is 17.5. The predicted molar refractivity (Wildman–Crippen MR) is 86.1 cm³/mol. The molecule has 0 bridgehead atoms. The number of anilines is 1. The molecule has 0 saturated carbocycles. The second-order valence-electron chi connectivity index (χ2n) is 5.32. The van der Waals surface area contributed by atoms with E-state index in [0.29, 0.717) is 6.42 Å². The summed E-state index contributed by atoms with van der Waals surface area (Å²) in [5.74, 6) is -1.49. The number of nitrogens with zero attached hydrogens (tertiary/aromatic N) is 1. The Kier molecular flexibility index (Phi) is 5.23. The van der Waals surface area contributed by atoms with Gasteiger partial charge in [-0.05, 0) is 43.7 Å². The van der Waals surface area contributed by atoms with E-state index in [0.717, 1.165) is 18.2 Å². The van der Waals surface area contributed by atoms with Gasteiger partial charge in [0.2, 0.25) is 0 Å². The molecule has 2 aromatic rings. The third kappa shape index (κ3) is 3.73. The van der Waals surface area contributed by atoms with Crippen molar-refractivity contribution in [1.29, 1.82) is 0 Å². The number of Topliss-reactive ketones (excluding diaryl/α,β-unsaturated/α-hetero) is 1. The second-order valence-corrected chi connectivity index (χ2v) is 5.32. The highest BCUT2D eigenvalue weighted by Crippen LogP contribution is 2.31. The first-order chi connectivity index (χ1) is 11.3. The Morgan fingerprint density at radius 2 is 1.96 bits per heavy atom. The summed E-state index contributed by atoms with van der Waals surface area (Å²) in [6.07, 6.45) is 0.381. The van der Waals surface area contributed by atoms with Crippen molar-refractivity contribution in [3.63, 3.8) is 0 Å². The lowest BCUT2D eigenvalue weighted by molar-refractivity contribution is -0.384. The molecule has 1 N–H and O–H groups in total. The van der Waals surface area contributed by atoms with E-state index < -0.39 is 22.6 Å². The van der Waals surface area contributed by atoms with Gasteiger partial charge in [0.25, 0.3) is 5.69 Å². The van der Waals surface area contributed by atoms with Crippen LogP contribution in [0.3, 0.4) is 0 Å². The fourth-order valence-corrected chi connectivity index (χ4v) is 2.39. The Bertz CT molecular complexity index is 793. The van der Waals surface area contributed by atoms with E-state index in [-0.39, 0.29) is 28.3 Å². The molecule has 2 rings (SSSR count). The molecule has 0 radical (unpaired) electrons. The van der Waals surface area contributed by atoms with Gasteiger partial charge >= 0.3 is 0 Å². The highest BCUT2D eigenvalue weighted by Gasteiger charge is 2.21. The number of carbonyl (C=O) groups is 1. The van der Waals surface area contributed by atoms with Crippen LogP contribution >= 0.6 is 0 Å². The zero-order valence-electron chi connectivity index (χ0n) is 13.2. The van der Waals surface area contributed by atoms with E-state index in [1.165, 1.54) is 25.1 Å². The molecule has 126 valence electrons. The molecule has 0 spiro atoms. The van der Waals surface area contributed by atoms with Crippen LogP contribution in [0, 0.1) is 21.7 Å². The third-order valence-electron chi connectivity index (χ3n) is 3.67. The predicted octanol–water partition coefficient (Wildman–Crippen LogP) is 4.64. The quantitative estimate of drug-likeness (QED) is 0.474. The molecule has 1 unspecified atom stereocenters. The van der Waals surface area contributed by atoms with Crippen LogP contribution in [0.2, 0.25) is 0 Å². The Balaban J connectivity index is 2.42. The minimum Gasteiger partial charge on any atom is -0.373 e. The SMILES string of the molecule is CCC(Nc1ccc(C(C)=O)cc1[N+](=O)[O-])c1cc(F)ccc1F. The molecular weight excluding hydrogens is 318 g/mol. The Hall–Kier alpha value is -2.83. The van der Waals surface area contributed by atoms with Crippen LogP contribution in [0.1, 0.15) is 42.2 Å². The van der Waals surface area contributed by atoms with E-state index in [9.17, 15) is 23.7 Å². The van der Waals surface area contributed by atoms with Crippen LogP contribution in [0.5, 0.6) is 0 Å². The van der Waals surface area contributed by atoms with Crippen molar-refractivity contribution in [2.75, 3.05) is 5.32 Å². The maximum atomic E-state index is 14.0. The molecule has 7 heteroatoms. The molecule has 5 nitrogen and oxygen atoms in total. The van der Waals surface area contributed by atoms with E-state index in [4.69, 9.17) is 0 Å². The molecule has 0 saturated heterocycles. The van der Waals surface area contributed by atoms with Crippen LogP contribution in [0.4, 0.5) is 20.2 Å². The summed E-state index contributed by atoms with van der Waals surface area (Å²) in [5, 5.41) is 14.1. The van der Waals surface area contributed by atoms with Gasteiger partial charge < -0.3 is 5.32 Å². The summed E-state index contributed by atoms with van der Waals surface area (Å²) in [7, 11) is 0. The number of benzene rings is 2. The average Bonchev–Trinajstić information content (AvgIpc) is 2.54. The largest absolute Gasteiger partial charge is 0.373 e. The molecule has 1 atom stereocenters. The maximum Gasteiger partial charge on any atom is 0.293 e. The highest BCUT2D eigenvalue weighted by atomic mass is 19.1. The van der Waals surface area contributed by atoms with Crippen molar-refractivity contribution in [1.82, 2.24) is 0 Å². The van der Waals surface area contributed by atoms with Crippen LogP contribution < -0.4 is 5.32 Å². The number of halogens is 2. The molecule has 0 heterocycles. The van der Waals surface area contributed by atoms with E-state index in [2.05, 4.69) is 5.32 Å². The minimum atomic E-state index is -0.650. The van der Waals surface area contributed by atoms with Gasteiger partial charge in [-0.3, -0.25) is 14.9 Å². The van der Waals surface area contributed by atoms with Gasteiger partial charge in [0, 0.05) is 17.2 Å². The molecule has 2 aromatic carbocycles. The number of hydrogen-bond donors (Lipinski definition) is 1. The molecule has 0 aliphatic rings. The van der Waals surface area contributed by atoms with Crippen molar-refractivity contribution >= 4 is 17.2 Å². The summed E-state index contributed by atoms with van der Waals surface area (Å²) >= 11 is 0. The molecule has 0 amide bonds. The van der Waals surface area contributed by atoms with Gasteiger partial charge in [0.15, 0.2) is 5.78 Å². The third-order valence-corrected chi connectivity index (χ3v) is 3.67. The van der Waals surface area contributed by atoms with Crippen molar-refractivity contribution in [2.45, 2.75) is 26.3 Å². The van der Waals surface area contributed by atoms with Crippen molar-refractivity contribution in [2.24, 2.45) is 0 Å². The normalized spacial score (nSPS) is 11.8. The Labute approximate surface area is 137 Å². The van der Waals surface area contributed by atoms with E-state index in [1.54, 1.807) is 6.92 Å². The molecule has 0 aliphatic heterocycles. The molecule has 0 fully saturated rings. The monoisotopic (exact) mass is 334 g/mol. The van der Waals surface area contributed by atoms with Gasteiger partial charge in [-0.25, -0.2) is 8.78 Å². The number of nitrogens with one attached hydrogen (secondary N) is 1. The van der Waals surface area contributed by atoms with Crippen LogP contribution in [0.25, 0.3) is 0 Å². The lowest BCUT2D eigenvalue weighted by atomic mass is 10.0. The number of hydrogen-bond acceptors (Lipinski definition) is 4. The van der Waals surface area contributed by atoms with Gasteiger partial charge in [-0.15, -0.1) is 0 Å². The number of nitro benzene ring substituents is 1. The average molecular weight is 334 g/mol. The van der Waals surface area contributed by atoms with Gasteiger partial charge in [-0.2, -0.15) is 0 Å². The van der Waals surface area contributed by atoms with Crippen LogP contribution in [-0.4, -0.2) is 10.7 Å². The van der Waals surface area contributed by atoms with Gasteiger partial charge in [-0.1, -0.05) is 6.92 Å². The molecular formula is C17H16F2N2O3. The summed E-state index contributed by atoms with van der Waals surface area (Å²) < 4.78 is 27.3. The van der Waals surface area contributed by atoms with E-state index in [1.807, 2.05) is 0 Å². The number of nitro groups is 1. The zero-order chi connectivity index (χ0) is 17.9. The number of rotatable bonds is 6. The van der Waals surface area contributed by atoms with Gasteiger partial charge in [0.05, 0.1) is 11.0 Å². The summed E-state index contributed by atoms with van der Waals surface area (Å²) in [4.78, 5) is 22.0. The smallest absolute Gasteiger partial charge is 0.293 e. The number of ketones is 1. The molecule has 0 aliphatic carbocycles. The summed E-state index contributed by atoms with van der Waals surface area (Å²) in [6.45, 7) is 3.06. The summed E-state index contributed by atoms with van der Waals surface area (Å²) in [5.41, 5.74) is 0.137. The number of carbonyl (C=O) groups excluding carboxylic acids is 1. The van der Waals surface area contributed by atoms with E-state index >= 15 is 0 Å². The lowest BCUT2D eigenvalue weighted by Crippen LogP contribution is -2.13. The fraction of sp³-hybridized carbons (Fsp3) is 0.235. The van der Waals surface area contributed by atoms with Crippen LogP contribution in [-0.2, 0) is 0 Å². The maximum absolute atomic E-state index is 14.0. The lowest BCUT2D eigenvalue weighted by Gasteiger charge is -2.19. The van der Waals surface area contributed by atoms with Gasteiger partial charge in [0.1, 0.15) is 17.3 Å². The Morgan fingerprint density at radius 3 is 2.54 bits per heavy atom.